The van der Waals surface area contributed by atoms with E-state index in [1.54, 1.807) is 18.3 Å². The van der Waals surface area contributed by atoms with E-state index in [1.807, 2.05) is 18.2 Å². The second kappa shape index (κ2) is 11.5. The first kappa shape index (κ1) is 28.6. The van der Waals surface area contributed by atoms with Gasteiger partial charge in [-0.2, -0.15) is 22.0 Å². The molecule has 2 atom stereocenters. The number of hydrogen-bond acceptors (Lipinski definition) is 3. The van der Waals surface area contributed by atoms with Crippen molar-refractivity contribution in [3.63, 3.8) is 0 Å². The van der Waals surface area contributed by atoms with Crippen LogP contribution in [-0.4, -0.2) is 23.3 Å². The van der Waals surface area contributed by atoms with E-state index in [2.05, 4.69) is 31.0 Å². The van der Waals surface area contributed by atoms with Crippen LogP contribution in [0.25, 0.3) is 11.1 Å². The van der Waals surface area contributed by atoms with E-state index in [0.717, 1.165) is 60.1 Å². The number of fused-ring (bicyclic) bond motifs is 1. The van der Waals surface area contributed by atoms with Crippen LogP contribution in [0.5, 0.6) is 5.75 Å². The molecule has 2 saturated carbocycles. The van der Waals surface area contributed by atoms with E-state index in [1.165, 1.54) is 6.42 Å². The molecular formula is C32H35F5N2O. The number of pyridine rings is 1. The molecule has 0 saturated heterocycles. The molecule has 8 heteroatoms. The van der Waals surface area contributed by atoms with Crippen molar-refractivity contribution in [3.05, 3.63) is 58.9 Å². The normalized spacial score (nSPS) is 22.2. The maximum absolute atomic E-state index is 13.3. The lowest BCUT2D eigenvalue weighted by Gasteiger charge is -2.37. The first-order valence-corrected chi connectivity index (χ1v) is 14.2. The minimum Gasteiger partial charge on any atom is -0.435 e. The third-order valence-electron chi connectivity index (χ3n) is 8.79. The Balaban J connectivity index is 1.53. The molecule has 3 aliphatic carbocycles. The van der Waals surface area contributed by atoms with Gasteiger partial charge in [-0.15, -0.1) is 0 Å². The van der Waals surface area contributed by atoms with Crippen LogP contribution < -0.4 is 10.1 Å². The van der Waals surface area contributed by atoms with Crippen molar-refractivity contribution in [3.8, 4) is 17.6 Å². The van der Waals surface area contributed by atoms with Crippen LogP contribution in [0.3, 0.4) is 0 Å². The van der Waals surface area contributed by atoms with Gasteiger partial charge in [0.15, 0.2) is 0 Å². The summed E-state index contributed by atoms with van der Waals surface area (Å²) in [6.45, 7) is 1.41. The summed E-state index contributed by atoms with van der Waals surface area (Å²) in [6, 6.07) is 8.84. The van der Waals surface area contributed by atoms with Gasteiger partial charge in [0.05, 0.1) is 5.69 Å². The summed E-state index contributed by atoms with van der Waals surface area (Å²) in [6.07, 6.45) is 3.37. The second-order valence-corrected chi connectivity index (χ2v) is 11.4. The zero-order valence-corrected chi connectivity index (χ0v) is 22.9. The fraction of sp³-hybridized carbons (Fsp3) is 0.531. The van der Waals surface area contributed by atoms with Gasteiger partial charge in [-0.05, 0) is 90.0 Å². The summed E-state index contributed by atoms with van der Waals surface area (Å²) in [5.41, 5.74) is 3.36. The average Bonchev–Trinajstić information content (AvgIpc) is 3.69. The summed E-state index contributed by atoms with van der Waals surface area (Å²) in [7, 11) is 0. The number of hydrogen-bond donors (Lipinski definition) is 1. The highest BCUT2D eigenvalue weighted by Crippen LogP contribution is 2.51. The molecular weight excluding hydrogens is 523 g/mol. The lowest BCUT2D eigenvalue weighted by Crippen LogP contribution is -2.44. The molecule has 1 aromatic heterocycles. The molecule has 1 aromatic carbocycles. The van der Waals surface area contributed by atoms with Gasteiger partial charge in [0.2, 0.25) is 0 Å². The van der Waals surface area contributed by atoms with E-state index in [9.17, 15) is 22.0 Å². The van der Waals surface area contributed by atoms with Crippen LogP contribution in [-0.2, 0) is 6.54 Å². The minimum absolute atomic E-state index is 0.0898. The lowest BCUT2D eigenvalue weighted by atomic mass is 9.67. The number of aromatic nitrogens is 1. The number of nitrogens with one attached hydrogen (secondary N) is 1. The summed E-state index contributed by atoms with van der Waals surface area (Å²) in [4.78, 5) is 4.73. The average molecular weight is 559 g/mol. The van der Waals surface area contributed by atoms with Gasteiger partial charge in [0, 0.05) is 24.7 Å². The van der Waals surface area contributed by atoms with E-state index >= 15 is 0 Å². The molecule has 2 unspecified atom stereocenters. The molecule has 2 fully saturated rings. The van der Waals surface area contributed by atoms with Crippen LogP contribution in [0.2, 0.25) is 0 Å². The molecule has 0 radical (unpaired) electrons. The zero-order valence-electron chi connectivity index (χ0n) is 22.9. The van der Waals surface area contributed by atoms with E-state index < -0.39 is 18.3 Å². The van der Waals surface area contributed by atoms with Crippen molar-refractivity contribution in [2.24, 2.45) is 11.8 Å². The van der Waals surface area contributed by atoms with Crippen molar-refractivity contribution >= 4 is 11.1 Å². The summed E-state index contributed by atoms with van der Waals surface area (Å²) >= 11 is 0. The summed E-state index contributed by atoms with van der Waals surface area (Å²) in [5.74, 6) is 7.69. The Hall–Kier alpha value is -2.92. The zero-order chi connectivity index (χ0) is 28.5. The van der Waals surface area contributed by atoms with Gasteiger partial charge in [0.25, 0.3) is 0 Å². The lowest BCUT2D eigenvalue weighted by molar-refractivity contribution is -0.166. The SMILES string of the molecule is CCCC#CC1=C(c2ccc(CNC3(C(F)(F)F)CC3)cn2)CC(C2CCC2)C(C)c2cc(OC(F)F)ccc21. The molecule has 214 valence electrons. The van der Waals surface area contributed by atoms with Gasteiger partial charge in [-0.1, -0.05) is 51.0 Å². The van der Waals surface area contributed by atoms with Gasteiger partial charge < -0.3 is 4.74 Å². The van der Waals surface area contributed by atoms with Gasteiger partial charge in [0.1, 0.15) is 11.3 Å². The van der Waals surface area contributed by atoms with Crippen LogP contribution in [0.4, 0.5) is 22.0 Å². The third kappa shape index (κ3) is 5.90. The first-order valence-electron chi connectivity index (χ1n) is 14.2. The van der Waals surface area contributed by atoms with Crippen molar-refractivity contribution < 1.29 is 26.7 Å². The number of alkyl halides is 5. The fourth-order valence-electron chi connectivity index (χ4n) is 5.99. The molecule has 3 nitrogen and oxygen atoms in total. The molecule has 0 amide bonds. The van der Waals surface area contributed by atoms with Crippen LogP contribution in [0.1, 0.15) is 93.5 Å². The molecule has 40 heavy (non-hydrogen) atoms. The van der Waals surface area contributed by atoms with Crippen LogP contribution in [0, 0.1) is 23.7 Å². The highest BCUT2D eigenvalue weighted by atomic mass is 19.4. The van der Waals surface area contributed by atoms with Crippen molar-refractivity contribution in [1.82, 2.24) is 10.3 Å². The molecule has 0 aliphatic heterocycles. The number of ether oxygens (including phenoxy) is 1. The number of unbranched alkanes of at least 4 members (excludes halogenated alkanes) is 1. The monoisotopic (exact) mass is 558 g/mol. The van der Waals surface area contributed by atoms with Crippen molar-refractivity contribution in [2.45, 2.75) is 96.0 Å². The molecule has 2 aromatic rings. The Morgan fingerprint density at radius 1 is 1.15 bits per heavy atom. The Morgan fingerprint density at radius 2 is 1.93 bits per heavy atom. The maximum atomic E-state index is 13.3. The maximum Gasteiger partial charge on any atom is 0.406 e. The standard InChI is InChI=1S/C32H35F5N2O/c1-3-4-5-9-24-25-12-11-23(40-30(33)34)16-27(25)20(2)26(22-7-6-8-22)17-28(24)29-13-10-21(18-38-29)19-39-31(14-15-31)32(35,36)37/h10-13,16,18,20,22,26,30,39H,3-4,6-8,14-15,17,19H2,1-2H3. The predicted octanol–water partition coefficient (Wildman–Crippen LogP) is 8.51. The molecule has 1 N–H and O–H groups in total. The first-order chi connectivity index (χ1) is 19.1. The number of halogens is 5. The molecule has 0 bridgehead atoms. The Kier molecular flexibility index (Phi) is 8.24. The summed E-state index contributed by atoms with van der Waals surface area (Å²) < 4.78 is 70.9. The largest absolute Gasteiger partial charge is 0.435 e. The topological polar surface area (TPSA) is 34.2 Å². The van der Waals surface area contributed by atoms with Gasteiger partial charge in [-0.25, -0.2) is 0 Å². The van der Waals surface area contributed by atoms with Gasteiger partial charge >= 0.3 is 12.8 Å². The minimum atomic E-state index is -4.27. The highest BCUT2D eigenvalue weighted by molar-refractivity contribution is 5.99. The van der Waals surface area contributed by atoms with Crippen molar-refractivity contribution in [2.75, 3.05) is 0 Å². The summed E-state index contributed by atoms with van der Waals surface area (Å²) in [5, 5.41) is 2.69. The van der Waals surface area contributed by atoms with Crippen LogP contribution >= 0.6 is 0 Å². The molecule has 3 aliphatic rings. The smallest absolute Gasteiger partial charge is 0.406 e. The second-order valence-electron chi connectivity index (χ2n) is 11.4. The van der Waals surface area contributed by atoms with Crippen molar-refractivity contribution in [1.29, 1.82) is 0 Å². The fourth-order valence-corrected chi connectivity index (χ4v) is 5.99. The Labute approximate surface area is 232 Å². The van der Waals surface area contributed by atoms with E-state index in [-0.39, 0.29) is 37.0 Å². The number of benzene rings is 1. The number of allylic oxidation sites excluding steroid dienone is 2. The Bertz CT molecular complexity index is 1300. The molecule has 1 heterocycles. The van der Waals surface area contributed by atoms with E-state index in [4.69, 9.17) is 9.72 Å². The van der Waals surface area contributed by atoms with Gasteiger partial charge in [-0.3, -0.25) is 10.3 Å². The van der Waals surface area contributed by atoms with E-state index in [0.29, 0.717) is 11.5 Å². The quantitative estimate of drug-likeness (QED) is 0.261. The number of rotatable bonds is 8. The van der Waals surface area contributed by atoms with Crippen LogP contribution in [0.15, 0.2) is 36.5 Å². The molecule has 5 rings (SSSR count). The third-order valence-corrected chi connectivity index (χ3v) is 8.79. The number of nitrogens with zero attached hydrogens (tertiary/aromatic N) is 1. The molecule has 0 spiro atoms. The Morgan fingerprint density at radius 3 is 2.50 bits per heavy atom. The highest BCUT2D eigenvalue weighted by Gasteiger charge is 2.62. The predicted molar refractivity (Wildman–Crippen MR) is 146 cm³/mol.